The van der Waals surface area contributed by atoms with Crippen molar-refractivity contribution in [2.45, 2.75) is 24.8 Å². The summed E-state index contributed by atoms with van der Waals surface area (Å²) in [4.78, 5) is 0.196. The lowest BCUT2D eigenvalue weighted by atomic mass is 10.4. The zero-order valence-electron chi connectivity index (χ0n) is 8.68. The number of aromatic nitrogens is 2. The van der Waals surface area contributed by atoms with Crippen molar-refractivity contribution in [1.82, 2.24) is 14.5 Å². The highest BCUT2D eigenvalue weighted by molar-refractivity contribution is 7.89. The van der Waals surface area contributed by atoms with Crippen LogP contribution in [0.25, 0.3) is 0 Å². The maximum Gasteiger partial charge on any atom is 0.243 e. The van der Waals surface area contributed by atoms with E-state index >= 15 is 0 Å². The first-order valence-electron chi connectivity index (χ1n) is 4.82. The molecule has 0 saturated carbocycles. The lowest BCUT2D eigenvalue weighted by Gasteiger charge is -2.00. The van der Waals surface area contributed by atoms with E-state index in [2.05, 4.69) is 9.82 Å². The zero-order chi connectivity index (χ0) is 11.3. The molecule has 1 rings (SSSR count). The van der Waals surface area contributed by atoms with Gasteiger partial charge in [-0.3, -0.25) is 4.68 Å². The number of hydrogen-bond donors (Lipinski definition) is 2. The second-order valence-electron chi connectivity index (χ2n) is 3.08. The highest BCUT2D eigenvalue weighted by Crippen LogP contribution is 2.06. The van der Waals surface area contributed by atoms with Crippen molar-refractivity contribution in [1.29, 1.82) is 0 Å². The summed E-state index contributed by atoms with van der Waals surface area (Å²) in [5.41, 5.74) is 5.34. The van der Waals surface area contributed by atoms with Crippen molar-refractivity contribution in [3.8, 4) is 0 Å². The first kappa shape index (κ1) is 12.2. The molecule has 0 aliphatic rings. The third-order valence-corrected chi connectivity index (χ3v) is 3.35. The summed E-state index contributed by atoms with van der Waals surface area (Å²) >= 11 is 0. The Bertz CT molecular complexity index is 399. The van der Waals surface area contributed by atoms with Gasteiger partial charge in [-0.25, -0.2) is 13.1 Å². The predicted molar refractivity (Wildman–Crippen MR) is 56.8 cm³/mol. The Hall–Kier alpha value is -0.920. The summed E-state index contributed by atoms with van der Waals surface area (Å²) in [6.45, 7) is 3.31. The molecule has 0 aliphatic heterocycles. The Balaban J connectivity index is 2.75. The summed E-state index contributed by atoms with van der Waals surface area (Å²) in [6, 6.07) is 0. The van der Waals surface area contributed by atoms with E-state index in [0.29, 0.717) is 19.6 Å². The molecule has 0 spiro atoms. The standard InChI is InChI=1S/C8H16N4O2S/c1-2-11-15(13,14)8-6-10-12(7-8)5-3-4-9/h6-7,11H,2-5,9H2,1H3. The minimum atomic E-state index is -3.38. The van der Waals surface area contributed by atoms with E-state index in [9.17, 15) is 8.42 Å². The number of nitrogens with one attached hydrogen (secondary N) is 1. The van der Waals surface area contributed by atoms with Crippen LogP contribution in [0.2, 0.25) is 0 Å². The van der Waals surface area contributed by atoms with Crippen LogP contribution in [0, 0.1) is 0 Å². The van der Waals surface area contributed by atoms with Crippen molar-refractivity contribution in [2.75, 3.05) is 13.1 Å². The van der Waals surface area contributed by atoms with Crippen LogP contribution < -0.4 is 10.5 Å². The molecule has 1 aromatic heterocycles. The number of nitrogens with zero attached hydrogens (tertiary/aromatic N) is 2. The van der Waals surface area contributed by atoms with Gasteiger partial charge in [0.05, 0.1) is 6.20 Å². The average Bonchev–Trinajstić information content (AvgIpc) is 2.63. The fourth-order valence-corrected chi connectivity index (χ4v) is 2.13. The Labute approximate surface area is 89.5 Å². The molecular formula is C8H16N4O2S. The predicted octanol–water partition coefficient (Wildman–Crippen LogP) is -0.470. The van der Waals surface area contributed by atoms with Crippen LogP contribution in [-0.4, -0.2) is 31.3 Å². The Kier molecular flexibility index (Phi) is 4.25. The molecule has 0 saturated heterocycles. The molecule has 0 atom stereocenters. The molecule has 86 valence electrons. The molecule has 3 N–H and O–H groups in total. The van der Waals surface area contributed by atoms with Gasteiger partial charge in [0.15, 0.2) is 0 Å². The zero-order valence-corrected chi connectivity index (χ0v) is 9.50. The third kappa shape index (κ3) is 3.29. The van der Waals surface area contributed by atoms with Gasteiger partial charge in [-0.2, -0.15) is 5.10 Å². The first-order valence-corrected chi connectivity index (χ1v) is 6.30. The van der Waals surface area contributed by atoms with Gasteiger partial charge in [0.25, 0.3) is 0 Å². The second-order valence-corrected chi connectivity index (χ2v) is 4.85. The molecule has 0 amide bonds. The molecule has 0 bridgehead atoms. The topological polar surface area (TPSA) is 90.0 Å². The van der Waals surface area contributed by atoms with E-state index in [1.165, 1.54) is 12.4 Å². The lowest BCUT2D eigenvalue weighted by molar-refractivity contribution is 0.577. The SMILES string of the molecule is CCNS(=O)(=O)c1cnn(CCCN)c1. The van der Waals surface area contributed by atoms with Crippen LogP contribution in [0.5, 0.6) is 0 Å². The van der Waals surface area contributed by atoms with Crippen molar-refractivity contribution in [2.24, 2.45) is 5.73 Å². The molecular weight excluding hydrogens is 216 g/mol. The summed E-state index contributed by atoms with van der Waals surface area (Å²) in [5.74, 6) is 0. The van der Waals surface area contributed by atoms with Gasteiger partial charge in [-0.1, -0.05) is 6.92 Å². The molecule has 0 unspecified atom stereocenters. The van der Waals surface area contributed by atoms with E-state index in [4.69, 9.17) is 5.73 Å². The Morgan fingerprint density at radius 1 is 1.60 bits per heavy atom. The molecule has 7 heteroatoms. The normalized spacial score (nSPS) is 11.9. The number of aryl methyl sites for hydroxylation is 1. The summed E-state index contributed by atoms with van der Waals surface area (Å²) in [6.07, 6.45) is 3.63. The van der Waals surface area contributed by atoms with Gasteiger partial charge in [-0.15, -0.1) is 0 Å². The van der Waals surface area contributed by atoms with Crippen molar-refractivity contribution < 1.29 is 8.42 Å². The molecule has 0 aliphatic carbocycles. The van der Waals surface area contributed by atoms with E-state index < -0.39 is 10.0 Å². The van der Waals surface area contributed by atoms with Gasteiger partial charge in [0.1, 0.15) is 4.90 Å². The first-order chi connectivity index (χ1) is 7.10. The highest BCUT2D eigenvalue weighted by Gasteiger charge is 2.14. The van der Waals surface area contributed by atoms with E-state index in [-0.39, 0.29) is 4.90 Å². The van der Waals surface area contributed by atoms with Gasteiger partial charge >= 0.3 is 0 Å². The van der Waals surface area contributed by atoms with E-state index in [1.54, 1.807) is 11.6 Å². The molecule has 1 heterocycles. The third-order valence-electron chi connectivity index (χ3n) is 1.85. The van der Waals surface area contributed by atoms with Crippen LogP contribution in [0.3, 0.4) is 0 Å². The van der Waals surface area contributed by atoms with Crippen LogP contribution in [0.4, 0.5) is 0 Å². The van der Waals surface area contributed by atoms with Crippen LogP contribution in [0.15, 0.2) is 17.3 Å². The van der Waals surface area contributed by atoms with Gasteiger partial charge in [0.2, 0.25) is 10.0 Å². The molecule has 1 aromatic rings. The van der Waals surface area contributed by atoms with Crippen LogP contribution in [-0.2, 0) is 16.6 Å². The number of sulfonamides is 1. The van der Waals surface area contributed by atoms with Gasteiger partial charge < -0.3 is 5.73 Å². The summed E-state index contributed by atoms with van der Waals surface area (Å²) in [5, 5.41) is 3.94. The van der Waals surface area contributed by atoms with Crippen molar-refractivity contribution in [3.05, 3.63) is 12.4 Å². The van der Waals surface area contributed by atoms with Crippen LogP contribution in [0.1, 0.15) is 13.3 Å². The number of nitrogens with two attached hydrogens (primary N) is 1. The van der Waals surface area contributed by atoms with Crippen molar-refractivity contribution in [3.63, 3.8) is 0 Å². The molecule has 0 fully saturated rings. The fraction of sp³-hybridized carbons (Fsp3) is 0.625. The van der Waals surface area contributed by atoms with E-state index in [1.807, 2.05) is 0 Å². The van der Waals surface area contributed by atoms with Gasteiger partial charge in [0, 0.05) is 19.3 Å². The fourth-order valence-electron chi connectivity index (χ4n) is 1.13. The largest absolute Gasteiger partial charge is 0.330 e. The summed E-state index contributed by atoms with van der Waals surface area (Å²) < 4.78 is 27.0. The van der Waals surface area contributed by atoms with Crippen LogP contribution >= 0.6 is 0 Å². The molecule has 0 aromatic carbocycles. The van der Waals surface area contributed by atoms with Crippen molar-refractivity contribution >= 4 is 10.0 Å². The number of rotatable bonds is 6. The number of hydrogen-bond acceptors (Lipinski definition) is 4. The maximum atomic E-state index is 11.5. The minimum absolute atomic E-state index is 0.196. The minimum Gasteiger partial charge on any atom is -0.330 e. The Morgan fingerprint density at radius 3 is 2.93 bits per heavy atom. The molecule has 0 radical (unpaired) electrons. The Morgan fingerprint density at radius 2 is 2.33 bits per heavy atom. The van der Waals surface area contributed by atoms with Gasteiger partial charge in [-0.05, 0) is 13.0 Å². The monoisotopic (exact) mass is 232 g/mol. The lowest BCUT2D eigenvalue weighted by Crippen LogP contribution is -2.22. The quantitative estimate of drug-likeness (QED) is 0.694. The summed E-state index contributed by atoms with van der Waals surface area (Å²) in [7, 11) is -3.38. The van der Waals surface area contributed by atoms with E-state index in [0.717, 1.165) is 6.42 Å². The smallest absolute Gasteiger partial charge is 0.243 e. The maximum absolute atomic E-state index is 11.5. The average molecular weight is 232 g/mol. The molecule has 6 nitrogen and oxygen atoms in total. The second kappa shape index (κ2) is 5.24. The highest BCUT2D eigenvalue weighted by atomic mass is 32.2. The molecule has 15 heavy (non-hydrogen) atoms.